The van der Waals surface area contributed by atoms with Crippen LogP contribution in [0.15, 0.2) is 24.3 Å². The van der Waals surface area contributed by atoms with E-state index in [1.54, 1.807) is 4.68 Å². The van der Waals surface area contributed by atoms with Gasteiger partial charge in [0.1, 0.15) is 5.75 Å². The molecule has 0 N–H and O–H groups in total. The second kappa shape index (κ2) is 4.01. The van der Waals surface area contributed by atoms with E-state index in [-0.39, 0.29) is 0 Å². The van der Waals surface area contributed by atoms with Gasteiger partial charge in [-0.2, -0.15) is 0 Å². The van der Waals surface area contributed by atoms with Gasteiger partial charge >= 0.3 is 0 Å². The summed E-state index contributed by atoms with van der Waals surface area (Å²) < 4.78 is 7.29. The number of hydrogen-bond donors (Lipinski definition) is 0. The maximum atomic E-state index is 5.63. The van der Waals surface area contributed by atoms with E-state index >= 15 is 0 Å². The molecule has 86 valence electrons. The zero-order valence-corrected chi connectivity index (χ0v) is 9.50. The van der Waals surface area contributed by atoms with Crippen molar-refractivity contribution in [3.05, 3.63) is 29.8 Å². The molecule has 0 radical (unpaired) electrons. The molecule has 0 unspecified atom stereocenters. The Kier molecular flexibility index (Phi) is 2.36. The Morgan fingerprint density at radius 2 is 2.29 bits per heavy atom. The van der Waals surface area contributed by atoms with Crippen molar-refractivity contribution >= 4 is 6.08 Å². The highest BCUT2D eigenvalue weighted by Gasteiger charge is 2.10. The first-order valence-electron chi connectivity index (χ1n) is 5.51. The van der Waals surface area contributed by atoms with Crippen molar-refractivity contribution in [2.45, 2.75) is 6.42 Å². The lowest BCUT2D eigenvalue weighted by atomic mass is 10.1. The summed E-state index contributed by atoms with van der Waals surface area (Å²) in [4.78, 5) is 0. The fourth-order valence-electron chi connectivity index (χ4n) is 1.87. The molecule has 2 heterocycles. The van der Waals surface area contributed by atoms with E-state index < -0.39 is 0 Å². The quantitative estimate of drug-likeness (QED) is 0.745. The molecule has 0 saturated carbocycles. The molecule has 5 nitrogen and oxygen atoms in total. The molecule has 0 aliphatic carbocycles. The van der Waals surface area contributed by atoms with Crippen LogP contribution in [0.3, 0.4) is 0 Å². The maximum absolute atomic E-state index is 5.63. The fourth-order valence-corrected chi connectivity index (χ4v) is 1.87. The van der Waals surface area contributed by atoms with E-state index in [2.05, 4.69) is 27.7 Å². The summed E-state index contributed by atoms with van der Waals surface area (Å²) in [5, 5.41) is 11.5. The van der Waals surface area contributed by atoms with Gasteiger partial charge in [-0.15, -0.1) is 5.10 Å². The number of tetrazole rings is 1. The number of hydrogen-bond acceptors (Lipinski definition) is 4. The summed E-state index contributed by atoms with van der Waals surface area (Å²) in [6.45, 7) is 0.731. The molecule has 0 saturated heterocycles. The molecule has 0 atom stereocenters. The first kappa shape index (κ1) is 10.0. The van der Waals surface area contributed by atoms with Gasteiger partial charge in [-0.25, -0.2) is 4.68 Å². The third-order valence-electron chi connectivity index (χ3n) is 2.73. The van der Waals surface area contributed by atoms with Crippen molar-refractivity contribution < 1.29 is 4.74 Å². The van der Waals surface area contributed by atoms with E-state index in [1.807, 2.05) is 25.2 Å². The Morgan fingerprint density at radius 1 is 1.35 bits per heavy atom. The molecule has 5 heteroatoms. The topological polar surface area (TPSA) is 52.8 Å². The maximum Gasteiger partial charge on any atom is 0.181 e. The van der Waals surface area contributed by atoms with E-state index in [0.29, 0.717) is 0 Å². The molecule has 17 heavy (non-hydrogen) atoms. The fraction of sp³-hybridized carbons (Fsp3) is 0.250. The molecular weight excluding hydrogens is 216 g/mol. The Bertz CT molecular complexity index is 574. The van der Waals surface area contributed by atoms with Gasteiger partial charge in [-0.05, 0) is 35.0 Å². The zero-order valence-electron chi connectivity index (χ0n) is 9.50. The summed E-state index contributed by atoms with van der Waals surface area (Å²) in [6, 6.07) is 5.99. The number of fused-ring (bicyclic) bond motifs is 1. The van der Waals surface area contributed by atoms with Crippen LogP contribution in [0.4, 0.5) is 0 Å². The molecule has 1 aromatic carbocycles. The lowest BCUT2D eigenvalue weighted by Gasteiger charge is -2.07. The smallest absolute Gasteiger partial charge is 0.181 e. The monoisotopic (exact) mass is 228 g/mol. The summed E-state index contributed by atoms with van der Waals surface area (Å²) in [5.74, 6) is 1.67. The zero-order chi connectivity index (χ0) is 11.7. The lowest BCUT2D eigenvalue weighted by Crippen LogP contribution is -1.97. The number of nitrogens with zero attached hydrogens (tertiary/aromatic N) is 4. The summed E-state index contributed by atoms with van der Waals surface area (Å²) in [6.07, 6.45) is 5.13. The largest absolute Gasteiger partial charge is 0.493 e. The molecule has 0 fully saturated rings. The standard InChI is InChI=1S/C12H12N4O/c1-16-12(13-14-15-16)10-5-6-11-9(8-10)4-2-3-7-17-11/h2,4-6,8H,3,7H2,1H3. The van der Waals surface area contributed by atoms with Crippen LogP contribution in [-0.4, -0.2) is 26.8 Å². The van der Waals surface area contributed by atoms with E-state index in [1.165, 1.54) is 0 Å². The van der Waals surface area contributed by atoms with Crippen molar-refractivity contribution in [3.8, 4) is 17.1 Å². The van der Waals surface area contributed by atoms with E-state index in [0.717, 1.165) is 35.7 Å². The van der Waals surface area contributed by atoms with Crippen LogP contribution in [0, 0.1) is 0 Å². The minimum atomic E-state index is 0.731. The van der Waals surface area contributed by atoms with Crippen molar-refractivity contribution in [3.63, 3.8) is 0 Å². The highest BCUT2D eigenvalue weighted by Crippen LogP contribution is 2.27. The van der Waals surface area contributed by atoms with E-state index in [4.69, 9.17) is 4.74 Å². The minimum absolute atomic E-state index is 0.731. The third-order valence-corrected chi connectivity index (χ3v) is 2.73. The van der Waals surface area contributed by atoms with Crippen LogP contribution >= 0.6 is 0 Å². The van der Waals surface area contributed by atoms with Gasteiger partial charge in [0.15, 0.2) is 5.82 Å². The van der Waals surface area contributed by atoms with Crippen molar-refractivity contribution in [2.24, 2.45) is 7.05 Å². The molecular formula is C12H12N4O. The molecule has 1 aromatic heterocycles. The molecule has 2 aromatic rings. The van der Waals surface area contributed by atoms with Crippen LogP contribution in [-0.2, 0) is 7.05 Å². The minimum Gasteiger partial charge on any atom is -0.493 e. The average Bonchev–Trinajstić information content (AvgIpc) is 2.64. The SMILES string of the molecule is Cn1nnnc1-c1ccc2c(c1)C=CCCO2. The summed E-state index contributed by atoms with van der Waals surface area (Å²) in [5.41, 5.74) is 2.06. The number of ether oxygens (including phenoxy) is 1. The lowest BCUT2D eigenvalue weighted by molar-refractivity contribution is 0.326. The van der Waals surface area contributed by atoms with Gasteiger partial charge in [0, 0.05) is 18.2 Å². The van der Waals surface area contributed by atoms with Crippen LogP contribution in [0.5, 0.6) is 5.75 Å². The van der Waals surface area contributed by atoms with E-state index in [9.17, 15) is 0 Å². The summed E-state index contributed by atoms with van der Waals surface area (Å²) in [7, 11) is 1.83. The van der Waals surface area contributed by atoms with Gasteiger partial charge in [0.25, 0.3) is 0 Å². The third kappa shape index (κ3) is 1.80. The Hall–Kier alpha value is -2.17. The molecule has 1 aliphatic heterocycles. The Balaban J connectivity index is 2.09. The number of aryl methyl sites for hydroxylation is 1. The first-order chi connectivity index (χ1) is 8.34. The van der Waals surface area contributed by atoms with Crippen LogP contribution < -0.4 is 4.74 Å². The predicted octanol–water partition coefficient (Wildman–Crippen LogP) is 1.67. The van der Waals surface area contributed by atoms with Crippen molar-refractivity contribution in [2.75, 3.05) is 6.61 Å². The second-order valence-corrected chi connectivity index (χ2v) is 3.92. The highest BCUT2D eigenvalue weighted by molar-refractivity contribution is 5.67. The van der Waals surface area contributed by atoms with Gasteiger partial charge < -0.3 is 4.74 Å². The Morgan fingerprint density at radius 3 is 3.12 bits per heavy atom. The number of aromatic nitrogens is 4. The Labute approximate surface area is 98.7 Å². The van der Waals surface area contributed by atoms with Gasteiger partial charge in [-0.3, -0.25) is 0 Å². The predicted molar refractivity (Wildman–Crippen MR) is 63.4 cm³/mol. The first-order valence-corrected chi connectivity index (χ1v) is 5.51. The molecule has 0 spiro atoms. The molecule has 0 amide bonds. The van der Waals surface area contributed by atoms with Crippen molar-refractivity contribution in [1.82, 2.24) is 20.2 Å². The van der Waals surface area contributed by atoms with Crippen LogP contribution in [0.1, 0.15) is 12.0 Å². The van der Waals surface area contributed by atoms with Crippen LogP contribution in [0.25, 0.3) is 17.5 Å². The number of rotatable bonds is 1. The average molecular weight is 228 g/mol. The summed E-state index contributed by atoms with van der Waals surface area (Å²) >= 11 is 0. The highest BCUT2D eigenvalue weighted by atomic mass is 16.5. The second-order valence-electron chi connectivity index (χ2n) is 3.92. The van der Waals surface area contributed by atoms with Gasteiger partial charge in [0.2, 0.25) is 0 Å². The molecule has 0 bridgehead atoms. The number of benzene rings is 1. The van der Waals surface area contributed by atoms with Gasteiger partial charge in [0.05, 0.1) is 6.61 Å². The van der Waals surface area contributed by atoms with Crippen LogP contribution in [0.2, 0.25) is 0 Å². The van der Waals surface area contributed by atoms with Crippen molar-refractivity contribution in [1.29, 1.82) is 0 Å². The molecule has 1 aliphatic rings. The van der Waals surface area contributed by atoms with Gasteiger partial charge in [-0.1, -0.05) is 12.2 Å². The molecule has 3 rings (SSSR count). The normalized spacial score (nSPS) is 13.9.